The highest BCUT2D eigenvalue weighted by Gasteiger charge is 2.31. The zero-order valence-electron chi connectivity index (χ0n) is 14.0. The molecule has 1 fully saturated rings. The average Bonchev–Trinajstić information content (AvgIpc) is 3.09. The highest BCUT2D eigenvalue weighted by molar-refractivity contribution is 7.10. The third-order valence-electron chi connectivity index (χ3n) is 4.43. The van der Waals surface area contributed by atoms with Crippen molar-refractivity contribution in [2.75, 3.05) is 26.2 Å². The second-order valence-corrected chi connectivity index (χ2v) is 7.29. The molecular weight excluding hydrogens is 365 g/mol. The minimum atomic E-state index is -4.44. The van der Waals surface area contributed by atoms with Crippen LogP contribution in [0.3, 0.4) is 0 Å². The van der Waals surface area contributed by atoms with E-state index < -0.39 is 11.7 Å². The number of rotatable bonds is 4. The van der Waals surface area contributed by atoms with Crippen molar-refractivity contribution in [3.63, 3.8) is 0 Å². The Balaban J connectivity index is 1.56. The second-order valence-electron chi connectivity index (χ2n) is 6.25. The molecule has 0 radical (unpaired) electrons. The van der Waals surface area contributed by atoms with Gasteiger partial charge in [0.2, 0.25) is 5.91 Å². The van der Waals surface area contributed by atoms with Crippen LogP contribution in [-0.2, 0) is 23.9 Å². The van der Waals surface area contributed by atoms with Gasteiger partial charge in [-0.05, 0) is 29.6 Å². The zero-order chi connectivity index (χ0) is 18.7. The SMILES string of the molecule is O=C(Cc1cccs1)N1CCN(Cc2cc(C(F)(F)F)ccc2O)CC1. The Bertz CT molecular complexity index is 754. The van der Waals surface area contributed by atoms with Crippen molar-refractivity contribution in [1.82, 2.24) is 9.80 Å². The molecule has 2 heterocycles. The van der Waals surface area contributed by atoms with Gasteiger partial charge in [-0.2, -0.15) is 13.2 Å². The molecule has 1 aromatic carbocycles. The van der Waals surface area contributed by atoms with Crippen molar-refractivity contribution in [3.8, 4) is 5.75 Å². The van der Waals surface area contributed by atoms with Crippen LogP contribution >= 0.6 is 11.3 Å². The van der Waals surface area contributed by atoms with Crippen LogP contribution in [-0.4, -0.2) is 47.0 Å². The topological polar surface area (TPSA) is 43.8 Å². The summed E-state index contributed by atoms with van der Waals surface area (Å²) < 4.78 is 38.5. The molecule has 4 nitrogen and oxygen atoms in total. The van der Waals surface area contributed by atoms with Gasteiger partial charge in [0.05, 0.1) is 12.0 Å². The van der Waals surface area contributed by atoms with E-state index in [1.54, 1.807) is 16.2 Å². The highest BCUT2D eigenvalue weighted by Crippen LogP contribution is 2.32. The fourth-order valence-electron chi connectivity index (χ4n) is 2.96. The van der Waals surface area contributed by atoms with E-state index in [1.807, 2.05) is 22.4 Å². The number of thiophene rings is 1. The molecule has 2 aromatic rings. The fourth-order valence-corrected chi connectivity index (χ4v) is 3.65. The number of halogens is 3. The summed E-state index contributed by atoms with van der Waals surface area (Å²) in [4.78, 5) is 17.0. The number of piperazine rings is 1. The van der Waals surface area contributed by atoms with Crippen LogP contribution in [0.2, 0.25) is 0 Å². The number of phenolic OH excluding ortho intramolecular Hbond substituents is 1. The molecule has 0 aliphatic carbocycles. The Kier molecular flexibility index (Phi) is 5.52. The lowest BCUT2D eigenvalue weighted by Crippen LogP contribution is -2.48. The van der Waals surface area contributed by atoms with Crippen molar-refractivity contribution in [3.05, 3.63) is 51.7 Å². The van der Waals surface area contributed by atoms with Crippen LogP contribution in [0, 0.1) is 0 Å². The maximum absolute atomic E-state index is 12.8. The summed E-state index contributed by atoms with van der Waals surface area (Å²) in [6, 6.07) is 6.78. The lowest BCUT2D eigenvalue weighted by Gasteiger charge is -2.35. The Labute approximate surface area is 153 Å². The summed E-state index contributed by atoms with van der Waals surface area (Å²) in [6.07, 6.45) is -4.05. The van der Waals surface area contributed by atoms with Crippen LogP contribution in [0.1, 0.15) is 16.0 Å². The first-order chi connectivity index (χ1) is 12.3. The smallest absolute Gasteiger partial charge is 0.416 e. The van der Waals surface area contributed by atoms with Gasteiger partial charge in [-0.15, -0.1) is 11.3 Å². The number of carbonyl (C=O) groups excluding carboxylic acids is 1. The summed E-state index contributed by atoms with van der Waals surface area (Å²) in [6.45, 7) is 2.41. The maximum Gasteiger partial charge on any atom is 0.416 e. The minimum Gasteiger partial charge on any atom is -0.508 e. The number of hydrogen-bond donors (Lipinski definition) is 1. The van der Waals surface area contributed by atoms with E-state index in [0.29, 0.717) is 32.6 Å². The largest absolute Gasteiger partial charge is 0.508 e. The van der Waals surface area contributed by atoms with Crippen molar-refractivity contribution in [2.24, 2.45) is 0 Å². The molecule has 26 heavy (non-hydrogen) atoms. The molecule has 1 aromatic heterocycles. The number of aromatic hydroxyl groups is 1. The maximum atomic E-state index is 12.8. The number of alkyl halides is 3. The van der Waals surface area contributed by atoms with Crippen LogP contribution in [0.25, 0.3) is 0 Å². The highest BCUT2D eigenvalue weighted by atomic mass is 32.1. The van der Waals surface area contributed by atoms with E-state index in [9.17, 15) is 23.1 Å². The third kappa shape index (κ3) is 4.56. The lowest BCUT2D eigenvalue weighted by atomic mass is 10.1. The molecule has 1 aliphatic rings. The van der Waals surface area contributed by atoms with Crippen molar-refractivity contribution < 1.29 is 23.1 Å². The molecule has 3 rings (SSSR count). The number of phenols is 1. The molecular formula is C18H19F3N2O2S. The molecule has 1 aliphatic heterocycles. The zero-order valence-corrected chi connectivity index (χ0v) is 14.8. The van der Waals surface area contributed by atoms with Gasteiger partial charge in [-0.3, -0.25) is 9.69 Å². The quantitative estimate of drug-likeness (QED) is 0.879. The fraction of sp³-hybridized carbons (Fsp3) is 0.389. The Hall–Kier alpha value is -2.06. The molecule has 0 unspecified atom stereocenters. The molecule has 1 amide bonds. The Morgan fingerprint density at radius 3 is 2.50 bits per heavy atom. The molecule has 0 spiro atoms. The molecule has 8 heteroatoms. The molecule has 0 bridgehead atoms. The number of benzene rings is 1. The van der Waals surface area contributed by atoms with E-state index in [2.05, 4.69) is 0 Å². The predicted molar refractivity (Wildman–Crippen MR) is 93.0 cm³/mol. The van der Waals surface area contributed by atoms with Crippen LogP contribution in [0.5, 0.6) is 5.75 Å². The van der Waals surface area contributed by atoms with Crippen molar-refractivity contribution in [2.45, 2.75) is 19.1 Å². The van der Waals surface area contributed by atoms with Gasteiger partial charge < -0.3 is 10.0 Å². The lowest BCUT2D eigenvalue weighted by molar-refractivity contribution is -0.137. The monoisotopic (exact) mass is 384 g/mol. The van der Waals surface area contributed by atoms with Gasteiger partial charge in [-0.25, -0.2) is 0 Å². The first-order valence-electron chi connectivity index (χ1n) is 8.24. The minimum absolute atomic E-state index is 0.0639. The first-order valence-corrected chi connectivity index (χ1v) is 9.12. The van der Waals surface area contributed by atoms with E-state index in [0.717, 1.165) is 23.1 Å². The van der Waals surface area contributed by atoms with E-state index in [-0.39, 0.29) is 23.8 Å². The van der Waals surface area contributed by atoms with Crippen LogP contribution in [0.4, 0.5) is 13.2 Å². The van der Waals surface area contributed by atoms with Gasteiger partial charge in [0, 0.05) is 43.2 Å². The van der Waals surface area contributed by atoms with Crippen molar-refractivity contribution >= 4 is 17.2 Å². The molecule has 0 atom stereocenters. The Morgan fingerprint density at radius 2 is 1.88 bits per heavy atom. The van der Waals surface area contributed by atoms with Crippen molar-refractivity contribution in [1.29, 1.82) is 0 Å². The molecule has 1 saturated heterocycles. The van der Waals surface area contributed by atoms with Gasteiger partial charge in [0.25, 0.3) is 0 Å². The van der Waals surface area contributed by atoms with Gasteiger partial charge >= 0.3 is 6.18 Å². The summed E-state index contributed by atoms with van der Waals surface area (Å²) in [7, 11) is 0. The average molecular weight is 384 g/mol. The summed E-state index contributed by atoms with van der Waals surface area (Å²) in [5.74, 6) is -0.0804. The number of hydrogen-bond acceptors (Lipinski definition) is 4. The Morgan fingerprint density at radius 1 is 1.15 bits per heavy atom. The molecule has 1 N–H and O–H groups in total. The predicted octanol–water partition coefficient (Wildman–Crippen LogP) is 3.36. The summed E-state index contributed by atoms with van der Waals surface area (Å²) in [5.41, 5.74) is -0.520. The van der Waals surface area contributed by atoms with Crippen LogP contribution < -0.4 is 0 Å². The first kappa shape index (κ1) is 18.7. The van der Waals surface area contributed by atoms with Gasteiger partial charge in [-0.1, -0.05) is 6.07 Å². The standard InChI is InChI=1S/C18H19F3N2O2S/c19-18(20,21)14-3-4-16(24)13(10-14)12-22-5-7-23(8-6-22)17(25)11-15-2-1-9-26-15/h1-4,9-10,24H,5-8,11-12H2. The van der Waals surface area contributed by atoms with E-state index in [1.165, 1.54) is 0 Å². The summed E-state index contributed by atoms with van der Waals surface area (Å²) in [5, 5.41) is 11.8. The number of amides is 1. The van der Waals surface area contributed by atoms with Crippen LogP contribution in [0.15, 0.2) is 35.7 Å². The molecule has 140 valence electrons. The normalized spacial score (nSPS) is 16.0. The van der Waals surface area contributed by atoms with E-state index >= 15 is 0 Å². The van der Waals surface area contributed by atoms with E-state index in [4.69, 9.17) is 0 Å². The van der Waals surface area contributed by atoms with Gasteiger partial charge in [0.15, 0.2) is 0 Å². The second kappa shape index (κ2) is 7.67. The third-order valence-corrected chi connectivity index (χ3v) is 5.31. The molecule has 0 saturated carbocycles. The number of carbonyl (C=O) groups is 1. The number of nitrogens with zero attached hydrogens (tertiary/aromatic N) is 2. The summed E-state index contributed by atoms with van der Waals surface area (Å²) >= 11 is 1.54. The van der Waals surface area contributed by atoms with Gasteiger partial charge in [0.1, 0.15) is 5.75 Å².